The number of carbonyl (C=O) groups is 2. The number of Topliss-reactive ketones (excluding diaryl/α,β-unsaturated/α-hetero) is 1. The second kappa shape index (κ2) is 6.40. The molecule has 24 heavy (non-hydrogen) atoms. The third-order valence-electron chi connectivity index (χ3n) is 5.21. The van der Waals surface area contributed by atoms with E-state index in [1.54, 1.807) is 0 Å². The van der Waals surface area contributed by atoms with Gasteiger partial charge in [-0.3, -0.25) is 9.59 Å². The number of hydrogen-bond acceptors (Lipinski definition) is 5. The molecule has 0 radical (unpaired) electrons. The van der Waals surface area contributed by atoms with Gasteiger partial charge in [-0.1, -0.05) is 19.3 Å². The highest BCUT2D eigenvalue weighted by Gasteiger charge is 2.47. The van der Waals surface area contributed by atoms with E-state index in [1.807, 2.05) is 0 Å². The summed E-state index contributed by atoms with van der Waals surface area (Å²) in [6.07, 6.45) is 4.46. The van der Waals surface area contributed by atoms with E-state index >= 15 is 0 Å². The number of alkyl halides is 2. The fourth-order valence-corrected chi connectivity index (χ4v) is 4.94. The SMILES string of the molecule is NC(=O)c1c(N)sc2c1CCC(COC(F)F)(CC1CCC1)C2=O. The van der Waals surface area contributed by atoms with Crippen LogP contribution in [0.2, 0.25) is 0 Å². The quantitative estimate of drug-likeness (QED) is 0.817. The number of carbonyl (C=O) groups excluding carboxylic acids is 2. The highest BCUT2D eigenvalue weighted by atomic mass is 32.1. The molecule has 2 aliphatic rings. The van der Waals surface area contributed by atoms with E-state index in [2.05, 4.69) is 4.74 Å². The Kier molecular flexibility index (Phi) is 4.61. The molecule has 1 saturated carbocycles. The fourth-order valence-electron chi connectivity index (χ4n) is 3.76. The molecule has 1 amide bonds. The van der Waals surface area contributed by atoms with E-state index in [4.69, 9.17) is 11.5 Å². The molecule has 0 aromatic carbocycles. The van der Waals surface area contributed by atoms with Crippen molar-refractivity contribution in [2.45, 2.75) is 45.1 Å². The topological polar surface area (TPSA) is 95.4 Å². The van der Waals surface area contributed by atoms with Crippen molar-refractivity contribution in [1.29, 1.82) is 0 Å². The maximum atomic E-state index is 13.1. The van der Waals surface area contributed by atoms with E-state index in [0.29, 0.717) is 35.6 Å². The lowest BCUT2D eigenvalue weighted by molar-refractivity contribution is -0.150. The minimum absolute atomic E-state index is 0.204. The molecule has 5 nitrogen and oxygen atoms in total. The molecule has 1 atom stereocenters. The van der Waals surface area contributed by atoms with E-state index < -0.39 is 17.9 Å². The molecule has 0 bridgehead atoms. The highest BCUT2D eigenvalue weighted by molar-refractivity contribution is 7.18. The normalized spacial score (nSPS) is 24.0. The Morgan fingerprint density at radius 1 is 1.42 bits per heavy atom. The Balaban J connectivity index is 1.94. The number of rotatable bonds is 6. The largest absolute Gasteiger partial charge is 0.390 e. The second-order valence-electron chi connectivity index (χ2n) is 6.70. The summed E-state index contributed by atoms with van der Waals surface area (Å²) in [5, 5.41) is 0.218. The molecule has 1 aromatic heterocycles. The number of primary amides is 1. The third-order valence-corrected chi connectivity index (χ3v) is 6.27. The summed E-state index contributed by atoms with van der Waals surface area (Å²) < 4.78 is 29.7. The van der Waals surface area contributed by atoms with Crippen LogP contribution in [0.5, 0.6) is 0 Å². The number of ketones is 1. The Hall–Kier alpha value is -1.54. The van der Waals surface area contributed by atoms with Crippen LogP contribution in [0.3, 0.4) is 0 Å². The molecular formula is C16H20F2N2O3S. The van der Waals surface area contributed by atoms with Gasteiger partial charge in [0.05, 0.1) is 27.5 Å². The number of anilines is 1. The predicted molar refractivity (Wildman–Crippen MR) is 86.2 cm³/mol. The van der Waals surface area contributed by atoms with Gasteiger partial charge >= 0.3 is 6.61 Å². The van der Waals surface area contributed by atoms with Gasteiger partial charge in [-0.2, -0.15) is 8.78 Å². The molecule has 0 spiro atoms. The third kappa shape index (κ3) is 2.93. The molecule has 2 aliphatic carbocycles. The molecule has 1 fully saturated rings. The number of thiophene rings is 1. The van der Waals surface area contributed by atoms with Gasteiger partial charge in [0, 0.05) is 0 Å². The van der Waals surface area contributed by atoms with Gasteiger partial charge in [0.2, 0.25) is 0 Å². The van der Waals surface area contributed by atoms with Crippen LogP contribution in [0, 0.1) is 11.3 Å². The molecule has 1 unspecified atom stereocenters. The number of nitrogens with two attached hydrogens (primary N) is 2. The van der Waals surface area contributed by atoms with Gasteiger partial charge in [-0.25, -0.2) is 0 Å². The molecule has 4 N–H and O–H groups in total. The zero-order chi connectivity index (χ0) is 17.5. The van der Waals surface area contributed by atoms with Crippen LogP contribution in [0.4, 0.5) is 13.8 Å². The van der Waals surface area contributed by atoms with Crippen molar-refractivity contribution in [3.63, 3.8) is 0 Å². The first-order chi connectivity index (χ1) is 11.3. The van der Waals surface area contributed by atoms with Crippen LogP contribution in [0.1, 0.15) is 57.7 Å². The summed E-state index contributed by atoms with van der Waals surface area (Å²) in [5.41, 5.74) is 11.0. The number of halogens is 2. The van der Waals surface area contributed by atoms with E-state index in [1.165, 1.54) is 0 Å². The van der Waals surface area contributed by atoms with Gasteiger partial charge in [-0.05, 0) is 30.7 Å². The first kappa shape index (κ1) is 17.3. The summed E-state index contributed by atoms with van der Waals surface area (Å²) in [6.45, 7) is -3.21. The molecular weight excluding hydrogens is 338 g/mol. The second-order valence-corrected chi connectivity index (χ2v) is 7.75. The molecule has 1 aromatic rings. The van der Waals surface area contributed by atoms with E-state index in [0.717, 1.165) is 30.6 Å². The van der Waals surface area contributed by atoms with Crippen molar-refractivity contribution in [3.8, 4) is 0 Å². The maximum Gasteiger partial charge on any atom is 0.345 e. The molecule has 3 rings (SSSR count). The first-order valence-corrected chi connectivity index (χ1v) is 8.81. The summed E-state index contributed by atoms with van der Waals surface area (Å²) in [5.74, 6) is -0.529. The van der Waals surface area contributed by atoms with E-state index in [9.17, 15) is 18.4 Å². The van der Waals surface area contributed by atoms with Crippen molar-refractivity contribution >= 4 is 28.0 Å². The van der Waals surface area contributed by atoms with Crippen LogP contribution in [-0.2, 0) is 11.2 Å². The van der Waals surface area contributed by atoms with Gasteiger partial charge < -0.3 is 16.2 Å². The van der Waals surface area contributed by atoms with Crippen molar-refractivity contribution in [3.05, 3.63) is 16.0 Å². The Morgan fingerprint density at radius 3 is 2.67 bits per heavy atom. The summed E-state index contributed by atoms with van der Waals surface area (Å²) in [4.78, 5) is 25.1. The first-order valence-electron chi connectivity index (χ1n) is 7.99. The monoisotopic (exact) mass is 358 g/mol. The van der Waals surface area contributed by atoms with Gasteiger partial charge in [0.1, 0.15) is 0 Å². The molecule has 8 heteroatoms. The molecule has 0 aliphatic heterocycles. The average molecular weight is 358 g/mol. The number of nitrogen functional groups attached to an aromatic ring is 1. The maximum absolute atomic E-state index is 13.1. The number of amides is 1. The van der Waals surface area contributed by atoms with Gasteiger partial charge in [-0.15, -0.1) is 11.3 Å². The predicted octanol–water partition coefficient (Wildman–Crippen LogP) is 2.97. The summed E-state index contributed by atoms with van der Waals surface area (Å²) in [6, 6.07) is 0. The van der Waals surface area contributed by atoms with E-state index in [-0.39, 0.29) is 23.0 Å². The van der Waals surface area contributed by atoms with Crippen molar-refractivity contribution < 1.29 is 23.1 Å². The Morgan fingerprint density at radius 2 is 2.12 bits per heavy atom. The number of ether oxygens (including phenoxy) is 1. The van der Waals surface area contributed by atoms with Crippen LogP contribution in [0.15, 0.2) is 0 Å². The minimum atomic E-state index is -2.91. The zero-order valence-corrected chi connectivity index (χ0v) is 14.0. The molecule has 0 saturated heterocycles. The van der Waals surface area contributed by atoms with Crippen molar-refractivity contribution in [2.75, 3.05) is 12.3 Å². The lowest BCUT2D eigenvalue weighted by atomic mass is 9.65. The fraction of sp³-hybridized carbons (Fsp3) is 0.625. The highest BCUT2D eigenvalue weighted by Crippen LogP contribution is 2.48. The summed E-state index contributed by atoms with van der Waals surface area (Å²) in [7, 11) is 0. The van der Waals surface area contributed by atoms with Crippen LogP contribution >= 0.6 is 11.3 Å². The lowest BCUT2D eigenvalue weighted by Crippen LogP contribution is -2.42. The van der Waals surface area contributed by atoms with Crippen LogP contribution < -0.4 is 11.5 Å². The molecule has 132 valence electrons. The summed E-state index contributed by atoms with van der Waals surface area (Å²) >= 11 is 1.03. The standard InChI is InChI=1S/C16H20F2N2O3S/c17-15(18)23-7-16(6-8-2-1-3-8)5-4-9-10(13(19)22)14(20)24-11(9)12(16)21/h8,15H,1-7,20H2,(H2,19,22). The van der Waals surface area contributed by atoms with Gasteiger partial charge in [0.15, 0.2) is 5.78 Å². The smallest absolute Gasteiger partial charge is 0.345 e. The van der Waals surface area contributed by atoms with Gasteiger partial charge in [0.25, 0.3) is 5.91 Å². The van der Waals surface area contributed by atoms with Crippen LogP contribution in [-0.4, -0.2) is 24.9 Å². The average Bonchev–Trinajstić information content (AvgIpc) is 2.81. The Labute approximate surface area is 142 Å². The van der Waals surface area contributed by atoms with Crippen molar-refractivity contribution in [2.24, 2.45) is 17.1 Å². The minimum Gasteiger partial charge on any atom is -0.390 e. The lowest BCUT2D eigenvalue weighted by Gasteiger charge is -2.40. The van der Waals surface area contributed by atoms with Crippen molar-refractivity contribution in [1.82, 2.24) is 0 Å². The Bertz CT molecular complexity index is 673. The number of hydrogen-bond donors (Lipinski definition) is 2. The number of fused-ring (bicyclic) bond motifs is 1. The van der Waals surface area contributed by atoms with Crippen LogP contribution in [0.25, 0.3) is 0 Å². The zero-order valence-electron chi connectivity index (χ0n) is 13.1. The molecule has 1 heterocycles.